The van der Waals surface area contributed by atoms with Crippen LogP contribution >= 0.6 is 23.4 Å². The number of aromatic nitrogens is 2. The van der Waals surface area contributed by atoms with Crippen molar-refractivity contribution in [2.75, 3.05) is 5.32 Å². The smallest absolute Gasteiger partial charge is 0.237 e. The molecule has 1 aromatic heterocycles. The standard InChI is InChI=1S/C18H23ClFN3OS/c1-5-6-9-23-12(3)11(2)21-18(23)25-13(4)17(24)22-16-8-7-14(19)10-15(16)20/h7-8,10,13H,5-6,9H2,1-4H3,(H,22,24). The molecule has 0 aliphatic carbocycles. The van der Waals surface area contributed by atoms with Crippen molar-refractivity contribution in [1.82, 2.24) is 9.55 Å². The minimum absolute atomic E-state index is 0.128. The fourth-order valence-corrected chi connectivity index (χ4v) is 3.52. The fourth-order valence-electron chi connectivity index (χ4n) is 2.33. The van der Waals surface area contributed by atoms with Gasteiger partial charge in [-0.15, -0.1) is 0 Å². The molecule has 0 aliphatic rings. The van der Waals surface area contributed by atoms with E-state index in [1.54, 1.807) is 13.0 Å². The monoisotopic (exact) mass is 383 g/mol. The molecule has 7 heteroatoms. The molecule has 4 nitrogen and oxygen atoms in total. The Kier molecular flexibility index (Phi) is 6.90. The molecule has 0 spiro atoms. The van der Waals surface area contributed by atoms with E-state index in [0.29, 0.717) is 5.02 Å². The second-order valence-corrected chi connectivity index (χ2v) is 7.69. The van der Waals surface area contributed by atoms with E-state index in [1.165, 1.54) is 23.9 Å². The first-order valence-electron chi connectivity index (χ1n) is 8.29. The fraction of sp³-hybridized carbons (Fsp3) is 0.444. The van der Waals surface area contributed by atoms with Gasteiger partial charge in [0.2, 0.25) is 5.91 Å². The van der Waals surface area contributed by atoms with Gasteiger partial charge in [0.1, 0.15) is 5.82 Å². The van der Waals surface area contributed by atoms with Crippen LogP contribution in [0.4, 0.5) is 10.1 Å². The number of imidazole rings is 1. The third kappa shape index (κ3) is 4.98. The lowest BCUT2D eigenvalue weighted by Crippen LogP contribution is -2.23. The predicted molar refractivity (Wildman–Crippen MR) is 102 cm³/mol. The summed E-state index contributed by atoms with van der Waals surface area (Å²) in [6.45, 7) is 8.82. The van der Waals surface area contributed by atoms with E-state index in [1.807, 2.05) is 13.8 Å². The highest BCUT2D eigenvalue weighted by Gasteiger charge is 2.20. The number of aryl methyl sites for hydroxylation is 1. The summed E-state index contributed by atoms with van der Waals surface area (Å²) in [6, 6.07) is 4.19. The first kappa shape index (κ1) is 19.8. The van der Waals surface area contributed by atoms with Crippen LogP contribution in [-0.2, 0) is 11.3 Å². The number of benzene rings is 1. The highest BCUT2D eigenvalue weighted by molar-refractivity contribution is 8.00. The molecule has 0 bridgehead atoms. The number of halogens is 2. The second-order valence-electron chi connectivity index (χ2n) is 5.94. The number of unbranched alkanes of at least 4 members (excludes halogenated alkanes) is 1. The van der Waals surface area contributed by atoms with Gasteiger partial charge in [-0.3, -0.25) is 4.79 Å². The predicted octanol–water partition coefficient (Wildman–Crippen LogP) is 5.21. The van der Waals surface area contributed by atoms with Gasteiger partial charge in [-0.1, -0.05) is 36.7 Å². The lowest BCUT2D eigenvalue weighted by Gasteiger charge is -2.14. The molecule has 1 atom stereocenters. The van der Waals surface area contributed by atoms with E-state index in [0.717, 1.165) is 35.9 Å². The molecule has 0 radical (unpaired) electrons. The van der Waals surface area contributed by atoms with Gasteiger partial charge in [0, 0.05) is 17.3 Å². The quantitative estimate of drug-likeness (QED) is 0.667. The number of thioether (sulfide) groups is 1. The molecule has 2 rings (SSSR count). The van der Waals surface area contributed by atoms with Gasteiger partial charge in [-0.25, -0.2) is 9.37 Å². The van der Waals surface area contributed by atoms with E-state index in [4.69, 9.17) is 11.6 Å². The first-order valence-corrected chi connectivity index (χ1v) is 9.55. The van der Waals surface area contributed by atoms with Crippen molar-refractivity contribution in [2.45, 2.75) is 57.5 Å². The molecule has 0 saturated carbocycles. The van der Waals surface area contributed by atoms with Gasteiger partial charge < -0.3 is 9.88 Å². The Bertz CT molecular complexity index is 763. The zero-order chi connectivity index (χ0) is 18.6. The molecule has 2 aromatic rings. The number of anilines is 1. The van der Waals surface area contributed by atoms with E-state index in [2.05, 4.69) is 21.8 Å². The van der Waals surface area contributed by atoms with Crippen LogP contribution in [0, 0.1) is 19.7 Å². The molecule has 1 heterocycles. The van der Waals surface area contributed by atoms with Crippen molar-refractivity contribution >= 4 is 35.0 Å². The maximum Gasteiger partial charge on any atom is 0.237 e. The highest BCUT2D eigenvalue weighted by atomic mass is 35.5. The van der Waals surface area contributed by atoms with Crippen molar-refractivity contribution < 1.29 is 9.18 Å². The van der Waals surface area contributed by atoms with Crippen LogP contribution in [0.25, 0.3) is 0 Å². The average Bonchev–Trinajstić information content (AvgIpc) is 2.82. The van der Waals surface area contributed by atoms with Gasteiger partial charge in [-0.2, -0.15) is 0 Å². The van der Waals surface area contributed by atoms with Crippen LogP contribution in [0.5, 0.6) is 0 Å². The normalized spacial score (nSPS) is 12.2. The summed E-state index contributed by atoms with van der Waals surface area (Å²) in [5.74, 6) is -0.819. The number of carbonyl (C=O) groups excluding carboxylic acids is 1. The molecule has 1 N–H and O–H groups in total. The third-order valence-electron chi connectivity index (χ3n) is 4.00. The first-order chi connectivity index (χ1) is 11.8. The Hall–Kier alpha value is -1.53. The lowest BCUT2D eigenvalue weighted by molar-refractivity contribution is -0.115. The summed E-state index contributed by atoms with van der Waals surface area (Å²) in [5, 5.41) is 3.32. The zero-order valence-corrected chi connectivity index (χ0v) is 16.5. The molecule has 1 unspecified atom stereocenters. The zero-order valence-electron chi connectivity index (χ0n) is 14.9. The van der Waals surface area contributed by atoms with Crippen LogP contribution in [-0.4, -0.2) is 20.7 Å². The molecule has 136 valence electrons. The van der Waals surface area contributed by atoms with Gasteiger partial charge in [0.15, 0.2) is 5.16 Å². The molecular formula is C18H23ClFN3OS. The van der Waals surface area contributed by atoms with E-state index < -0.39 is 11.1 Å². The summed E-state index contributed by atoms with van der Waals surface area (Å²) in [5.41, 5.74) is 2.21. The summed E-state index contributed by atoms with van der Waals surface area (Å²) in [4.78, 5) is 17.0. The van der Waals surface area contributed by atoms with Gasteiger partial charge in [0.25, 0.3) is 0 Å². The maximum absolute atomic E-state index is 13.8. The van der Waals surface area contributed by atoms with Crippen LogP contribution in [0.1, 0.15) is 38.1 Å². The summed E-state index contributed by atoms with van der Waals surface area (Å²) >= 11 is 7.11. The van der Waals surface area contributed by atoms with Gasteiger partial charge in [-0.05, 0) is 45.4 Å². The Labute approximate surface area is 157 Å². The molecule has 0 aliphatic heterocycles. The molecule has 25 heavy (non-hydrogen) atoms. The van der Waals surface area contributed by atoms with Gasteiger partial charge in [0.05, 0.1) is 16.6 Å². The molecule has 0 fully saturated rings. The summed E-state index contributed by atoms with van der Waals surface area (Å²) in [7, 11) is 0. The Morgan fingerprint density at radius 2 is 2.16 bits per heavy atom. The third-order valence-corrected chi connectivity index (χ3v) is 5.32. The van der Waals surface area contributed by atoms with E-state index >= 15 is 0 Å². The van der Waals surface area contributed by atoms with E-state index in [9.17, 15) is 9.18 Å². The molecule has 1 amide bonds. The minimum Gasteiger partial charge on any atom is -0.323 e. The topological polar surface area (TPSA) is 46.9 Å². The molecular weight excluding hydrogens is 361 g/mol. The van der Waals surface area contributed by atoms with Crippen molar-refractivity contribution in [3.63, 3.8) is 0 Å². The SMILES string of the molecule is CCCCn1c(SC(C)C(=O)Nc2ccc(Cl)cc2F)nc(C)c1C. The summed E-state index contributed by atoms with van der Waals surface area (Å²) in [6.07, 6.45) is 2.15. The molecule has 0 saturated heterocycles. The van der Waals surface area contributed by atoms with Crippen molar-refractivity contribution in [3.05, 3.63) is 40.4 Å². The lowest BCUT2D eigenvalue weighted by atomic mass is 10.3. The number of carbonyl (C=O) groups is 1. The maximum atomic E-state index is 13.8. The highest BCUT2D eigenvalue weighted by Crippen LogP contribution is 2.27. The minimum atomic E-state index is -0.547. The van der Waals surface area contributed by atoms with Gasteiger partial charge >= 0.3 is 0 Å². The van der Waals surface area contributed by atoms with Crippen LogP contribution < -0.4 is 5.32 Å². The number of rotatable bonds is 7. The Morgan fingerprint density at radius 1 is 1.44 bits per heavy atom. The van der Waals surface area contributed by atoms with Crippen molar-refractivity contribution in [1.29, 1.82) is 0 Å². The van der Waals surface area contributed by atoms with Crippen LogP contribution in [0.3, 0.4) is 0 Å². The Morgan fingerprint density at radius 3 is 2.80 bits per heavy atom. The van der Waals surface area contributed by atoms with E-state index in [-0.39, 0.29) is 11.6 Å². The van der Waals surface area contributed by atoms with Crippen LogP contribution in [0.15, 0.2) is 23.4 Å². The number of hydrogen-bond acceptors (Lipinski definition) is 3. The number of nitrogens with zero attached hydrogens (tertiary/aromatic N) is 2. The number of nitrogens with one attached hydrogen (secondary N) is 1. The largest absolute Gasteiger partial charge is 0.323 e. The van der Waals surface area contributed by atoms with Crippen molar-refractivity contribution in [3.8, 4) is 0 Å². The molecule has 1 aromatic carbocycles. The Balaban J connectivity index is 2.09. The average molecular weight is 384 g/mol. The number of amides is 1. The van der Waals surface area contributed by atoms with Crippen molar-refractivity contribution in [2.24, 2.45) is 0 Å². The summed E-state index contributed by atoms with van der Waals surface area (Å²) < 4.78 is 16.0. The second kappa shape index (κ2) is 8.72. The van der Waals surface area contributed by atoms with Crippen LogP contribution in [0.2, 0.25) is 5.02 Å². The number of hydrogen-bond donors (Lipinski definition) is 1.